The van der Waals surface area contributed by atoms with Gasteiger partial charge in [0.25, 0.3) is 9.84 Å². The normalized spacial score (nSPS) is 22.5. The van der Waals surface area contributed by atoms with Gasteiger partial charge in [-0.2, -0.15) is 13.2 Å². The number of rotatable bonds is 4. The van der Waals surface area contributed by atoms with Crippen LogP contribution in [0.2, 0.25) is 0 Å². The minimum atomic E-state index is -7.04. The molecule has 0 spiro atoms. The average molecular weight is 464 g/mol. The van der Waals surface area contributed by atoms with E-state index in [-0.39, 0.29) is 0 Å². The molecule has 0 aliphatic heterocycles. The molecule has 15 heteroatoms. The molecular weight excluding hydrogens is 455 g/mol. The third kappa shape index (κ3) is 3.46. The molecule has 0 heterocycles. The van der Waals surface area contributed by atoms with E-state index in [4.69, 9.17) is 0 Å². The summed E-state index contributed by atoms with van der Waals surface area (Å²) in [5.74, 6) is -14.6. The highest BCUT2D eigenvalue weighted by Gasteiger charge is 2.60. The lowest BCUT2D eigenvalue weighted by Gasteiger charge is -2.24. The summed E-state index contributed by atoms with van der Waals surface area (Å²) in [7, 11) is -12.8. The maximum absolute atomic E-state index is 14.0. The van der Waals surface area contributed by atoms with Crippen LogP contribution in [0.1, 0.15) is 29.4 Å². The van der Waals surface area contributed by atoms with Gasteiger partial charge in [0.2, 0.25) is 10.4 Å². The molecular formula is C13H9F9O4S2. The fraction of sp³-hybridized carbons (Fsp3) is 0.538. The van der Waals surface area contributed by atoms with Crippen molar-refractivity contribution < 1.29 is 56.3 Å². The second-order valence-corrected chi connectivity index (χ2v) is 10.6. The quantitative estimate of drug-likeness (QED) is 0.388. The molecule has 3 atom stereocenters. The Morgan fingerprint density at radius 3 is 1.57 bits per heavy atom. The lowest BCUT2D eigenvalue weighted by molar-refractivity contribution is -0.0439. The summed E-state index contributed by atoms with van der Waals surface area (Å²) in [6.07, 6.45) is -4.09. The van der Waals surface area contributed by atoms with Gasteiger partial charge in [-0.1, -0.05) is 0 Å². The van der Waals surface area contributed by atoms with Gasteiger partial charge in [-0.15, -0.1) is 0 Å². The summed E-state index contributed by atoms with van der Waals surface area (Å²) < 4.78 is 164. The van der Waals surface area contributed by atoms with Gasteiger partial charge in [0, 0.05) is 0 Å². The van der Waals surface area contributed by atoms with Crippen molar-refractivity contribution in [2.45, 2.75) is 40.8 Å². The molecule has 4 nitrogen and oxygen atoms in total. The van der Waals surface area contributed by atoms with Crippen LogP contribution in [0.25, 0.3) is 0 Å². The Labute approximate surface area is 152 Å². The molecule has 3 unspecified atom stereocenters. The van der Waals surface area contributed by atoms with E-state index in [0.717, 1.165) is 0 Å². The third-order valence-corrected chi connectivity index (χ3v) is 9.37. The lowest BCUT2D eigenvalue weighted by Crippen LogP contribution is -2.38. The van der Waals surface area contributed by atoms with Gasteiger partial charge in [0.15, 0.2) is 33.1 Å². The van der Waals surface area contributed by atoms with E-state index in [0.29, 0.717) is 0 Å². The summed E-state index contributed by atoms with van der Waals surface area (Å²) in [6, 6.07) is 0. The van der Waals surface area contributed by atoms with Crippen molar-refractivity contribution in [3.63, 3.8) is 0 Å². The number of alkyl halides is 4. The molecule has 0 saturated heterocycles. The van der Waals surface area contributed by atoms with E-state index in [2.05, 4.69) is 0 Å². The molecule has 1 aliphatic carbocycles. The average Bonchev–Trinajstić information content (AvgIpc) is 3.01. The minimum Gasteiger partial charge on any atom is -0.247 e. The number of sulfone groups is 2. The fourth-order valence-electron chi connectivity index (χ4n) is 2.81. The van der Waals surface area contributed by atoms with Crippen molar-refractivity contribution in [3.8, 4) is 0 Å². The molecule has 2 rings (SSSR count). The largest absolute Gasteiger partial charge is 0.499 e. The van der Waals surface area contributed by atoms with Crippen LogP contribution in [0.4, 0.5) is 39.5 Å². The Bertz CT molecular complexity index is 973. The molecule has 1 fully saturated rings. The zero-order valence-corrected chi connectivity index (χ0v) is 14.8. The summed E-state index contributed by atoms with van der Waals surface area (Å²) >= 11 is 0. The predicted molar refractivity (Wildman–Crippen MR) is 75.4 cm³/mol. The molecule has 1 aliphatic rings. The van der Waals surface area contributed by atoms with Gasteiger partial charge in [-0.05, 0) is 19.3 Å². The van der Waals surface area contributed by atoms with E-state index in [1.54, 1.807) is 0 Å². The van der Waals surface area contributed by atoms with Crippen LogP contribution in [0.15, 0.2) is 0 Å². The van der Waals surface area contributed by atoms with Crippen molar-refractivity contribution in [1.82, 2.24) is 0 Å². The van der Waals surface area contributed by atoms with Gasteiger partial charge in [-0.25, -0.2) is 43.2 Å². The number of hydrogen-bond donors (Lipinski definition) is 0. The summed E-state index contributed by atoms with van der Waals surface area (Å²) in [6.45, 7) is 0. The Morgan fingerprint density at radius 1 is 0.786 bits per heavy atom. The molecule has 0 N–H and O–H groups in total. The third-order valence-electron chi connectivity index (χ3n) is 4.17. The first kappa shape index (κ1) is 22.8. The monoisotopic (exact) mass is 464 g/mol. The van der Waals surface area contributed by atoms with Gasteiger partial charge in [-0.3, -0.25) is 0 Å². The van der Waals surface area contributed by atoms with E-state index in [1.165, 1.54) is 0 Å². The molecule has 160 valence electrons. The van der Waals surface area contributed by atoms with Crippen molar-refractivity contribution in [1.29, 1.82) is 0 Å². The van der Waals surface area contributed by atoms with Crippen LogP contribution in [0, 0.1) is 29.1 Å². The van der Waals surface area contributed by atoms with Crippen LogP contribution < -0.4 is 0 Å². The molecule has 1 saturated carbocycles. The first-order valence-corrected chi connectivity index (χ1v) is 10.4. The zero-order chi connectivity index (χ0) is 21.8. The highest BCUT2D eigenvalue weighted by Crippen LogP contribution is 2.46. The second kappa shape index (κ2) is 7.07. The first-order valence-electron chi connectivity index (χ1n) is 7.23. The van der Waals surface area contributed by atoms with Crippen LogP contribution in [0.3, 0.4) is 0 Å². The van der Waals surface area contributed by atoms with E-state index < -0.39 is 95.1 Å². The van der Waals surface area contributed by atoms with Gasteiger partial charge in [0.1, 0.15) is 6.17 Å². The number of benzene rings is 1. The second-order valence-electron chi connectivity index (χ2n) is 5.93. The van der Waals surface area contributed by atoms with Crippen molar-refractivity contribution in [3.05, 3.63) is 34.6 Å². The maximum Gasteiger partial charge on any atom is 0.499 e. The highest BCUT2D eigenvalue weighted by molar-refractivity contribution is 8.09. The Hall–Kier alpha value is -1.51. The number of hydrogen-bond acceptors (Lipinski definition) is 4. The van der Waals surface area contributed by atoms with Crippen LogP contribution in [-0.4, -0.2) is 33.8 Å². The molecule has 28 heavy (non-hydrogen) atoms. The van der Waals surface area contributed by atoms with Crippen LogP contribution in [0.5, 0.6) is 0 Å². The summed E-state index contributed by atoms with van der Waals surface area (Å²) in [5.41, 5.74) is -9.12. The maximum atomic E-state index is 14.0. The summed E-state index contributed by atoms with van der Waals surface area (Å²) in [4.78, 5) is 0. The predicted octanol–water partition coefficient (Wildman–Crippen LogP) is 3.62. The van der Waals surface area contributed by atoms with Gasteiger partial charge < -0.3 is 0 Å². The standard InChI is InChI=1S/C13H9F9O4S2/c14-4-1-2-5(3-4)27(23,24)12(28(25,26)13(20,21)22)6-7(15)9(17)11(19)10(18)8(6)16/h4-5,12H,1-3H2. The van der Waals surface area contributed by atoms with Gasteiger partial charge >= 0.3 is 5.51 Å². The molecule has 1 aromatic carbocycles. The van der Waals surface area contributed by atoms with Gasteiger partial charge in [0.05, 0.1) is 10.8 Å². The lowest BCUT2D eigenvalue weighted by atomic mass is 10.2. The molecule has 0 amide bonds. The smallest absolute Gasteiger partial charge is 0.247 e. The SMILES string of the molecule is O=S(=O)(C1CCC(F)C1)C(c1c(F)c(F)c(F)c(F)c1F)S(=O)(=O)C(F)(F)F. The van der Waals surface area contributed by atoms with E-state index in [1.807, 2.05) is 0 Å². The minimum absolute atomic E-state index is 0.514. The Kier molecular flexibility index (Phi) is 5.75. The van der Waals surface area contributed by atoms with Crippen LogP contribution >= 0.6 is 0 Å². The molecule has 1 aromatic rings. The Morgan fingerprint density at radius 2 is 1.21 bits per heavy atom. The molecule has 0 aromatic heterocycles. The van der Waals surface area contributed by atoms with Crippen molar-refractivity contribution in [2.24, 2.45) is 0 Å². The van der Waals surface area contributed by atoms with Crippen molar-refractivity contribution >= 4 is 19.7 Å². The van der Waals surface area contributed by atoms with Crippen molar-refractivity contribution in [2.75, 3.05) is 0 Å². The topological polar surface area (TPSA) is 68.3 Å². The highest BCUT2D eigenvalue weighted by atomic mass is 32.3. The molecule has 0 radical (unpaired) electrons. The van der Waals surface area contributed by atoms with E-state index in [9.17, 15) is 56.3 Å². The van der Waals surface area contributed by atoms with Crippen LogP contribution in [-0.2, 0) is 19.7 Å². The fourth-order valence-corrected chi connectivity index (χ4v) is 7.61. The molecule has 0 bridgehead atoms. The first-order chi connectivity index (χ1) is 12.5. The zero-order valence-electron chi connectivity index (χ0n) is 13.2. The summed E-state index contributed by atoms with van der Waals surface area (Å²) in [5, 5.41) is -2.14. The Balaban J connectivity index is 2.91. The number of halogens is 9. The van der Waals surface area contributed by atoms with E-state index >= 15 is 0 Å².